The van der Waals surface area contributed by atoms with Gasteiger partial charge in [-0.25, -0.2) is 4.98 Å². The van der Waals surface area contributed by atoms with Crippen LogP contribution in [0.5, 0.6) is 5.75 Å². The van der Waals surface area contributed by atoms with Crippen LogP contribution in [0.2, 0.25) is 0 Å². The SMILES string of the molecule is [2H]C([2H])([2H])N(C=O)c1ccc(-c2nc3ccc(OCOCC)cc3s2)cc1[N+](=O)[O-]. The van der Waals surface area contributed by atoms with Crippen LogP contribution in [0, 0.1) is 10.1 Å². The van der Waals surface area contributed by atoms with E-state index < -0.39 is 17.6 Å². The molecule has 0 bridgehead atoms. The van der Waals surface area contributed by atoms with E-state index in [4.69, 9.17) is 13.6 Å². The molecule has 0 spiro atoms. The summed E-state index contributed by atoms with van der Waals surface area (Å²) in [4.78, 5) is 26.9. The Morgan fingerprint density at radius 2 is 2.22 bits per heavy atom. The fourth-order valence-electron chi connectivity index (χ4n) is 2.37. The number of thiazole rings is 1. The number of hydrogen-bond donors (Lipinski definition) is 0. The van der Waals surface area contributed by atoms with E-state index in [1.54, 1.807) is 18.2 Å². The summed E-state index contributed by atoms with van der Waals surface area (Å²) in [6.07, 6.45) is 0.0521. The molecule has 0 aliphatic carbocycles. The fourth-order valence-corrected chi connectivity index (χ4v) is 3.36. The van der Waals surface area contributed by atoms with Gasteiger partial charge in [-0.05, 0) is 37.3 Å². The number of nitro groups is 1. The van der Waals surface area contributed by atoms with Gasteiger partial charge in [0.15, 0.2) is 6.79 Å². The molecule has 0 atom stereocenters. The molecule has 3 aromatic rings. The predicted octanol–water partition coefficient (Wildman–Crippen LogP) is 3.84. The Morgan fingerprint density at radius 1 is 1.37 bits per heavy atom. The van der Waals surface area contributed by atoms with E-state index in [1.165, 1.54) is 29.5 Å². The number of hydrogen-bond acceptors (Lipinski definition) is 7. The quantitative estimate of drug-likeness (QED) is 0.191. The summed E-state index contributed by atoms with van der Waals surface area (Å²) in [6, 6.07) is 9.24. The molecule has 0 aliphatic rings. The molecule has 1 heterocycles. The zero-order valence-corrected chi connectivity index (χ0v) is 15.1. The third kappa shape index (κ3) is 4.04. The van der Waals surface area contributed by atoms with Crippen molar-refractivity contribution in [2.24, 2.45) is 0 Å². The lowest BCUT2D eigenvalue weighted by molar-refractivity contribution is -0.384. The topological polar surface area (TPSA) is 94.8 Å². The van der Waals surface area contributed by atoms with Crippen LogP contribution in [0.1, 0.15) is 11.0 Å². The highest BCUT2D eigenvalue weighted by Crippen LogP contribution is 2.36. The number of fused-ring (bicyclic) bond motifs is 1. The van der Waals surface area contributed by atoms with Crippen molar-refractivity contribution in [3.8, 4) is 16.3 Å². The molecule has 9 heteroatoms. The first-order chi connectivity index (χ1) is 14.2. The lowest BCUT2D eigenvalue weighted by Gasteiger charge is -2.11. The summed E-state index contributed by atoms with van der Waals surface area (Å²) in [7, 11) is 0. The lowest BCUT2D eigenvalue weighted by atomic mass is 10.1. The van der Waals surface area contributed by atoms with Crippen molar-refractivity contribution in [1.29, 1.82) is 0 Å². The number of carbonyl (C=O) groups is 1. The maximum atomic E-state index is 11.5. The smallest absolute Gasteiger partial charge is 0.293 e. The number of nitro benzene ring substituents is 1. The molecular weight excluding hydrogens is 370 g/mol. The van der Waals surface area contributed by atoms with E-state index in [-0.39, 0.29) is 18.9 Å². The third-order valence-corrected chi connectivity index (χ3v) is 4.72. The van der Waals surface area contributed by atoms with Crippen LogP contribution in [0.4, 0.5) is 11.4 Å². The summed E-state index contributed by atoms with van der Waals surface area (Å²) in [5.41, 5.74) is 0.296. The molecule has 140 valence electrons. The molecule has 0 radical (unpaired) electrons. The Bertz CT molecular complexity index is 1090. The number of nitrogens with zero attached hydrogens (tertiary/aromatic N) is 3. The highest BCUT2D eigenvalue weighted by molar-refractivity contribution is 7.21. The summed E-state index contributed by atoms with van der Waals surface area (Å²) in [5.74, 6) is 0.604. The summed E-state index contributed by atoms with van der Waals surface area (Å²) >= 11 is 1.30. The molecule has 0 fully saturated rings. The van der Waals surface area contributed by atoms with Crippen LogP contribution in [0.25, 0.3) is 20.8 Å². The van der Waals surface area contributed by atoms with Gasteiger partial charge in [0.05, 0.1) is 15.1 Å². The van der Waals surface area contributed by atoms with Crippen molar-refractivity contribution in [2.75, 3.05) is 25.3 Å². The maximum Gasteiger partial charge on any atom is 0.293 e. The third-order valence-electron chi connectivity index (χ3n) is 3.66. The van der Waals surface area contributed by atoms with Crippen molar-refractivity contribution in [3.05, 3.63) is 46.5 Å². The Balaban J connectivity index is 1.99. The van der Waals surface area contributed by atoms with E-state index in [1.807, 2.05) is 6.92 Å². The zero-order chi connectivity index (χ0) is 21.9. The molecule has 0 saturated carbocycles. The molecule has 0 saturated heterocycles. The maximum absolute atomic E-state index is 11.5. The highest BCUT2D eigenvalue weighted by Gasteiger charge is 2.19. The normalized spacial score (nSPS) is 12.9. The lowest BCUT2D eigenvalue weighted by Crippen LogP contribution is -2.15. The Labute approximate surface area is 163 Å². The second-order valence-corrected chi connectivity index (χ2v) is 6.37. The van der Waals surface area contributed by atoms with E-state index in [0.29, 0.717) is 33.3 Å². The molecule has 1 aromatic heterocycles. The van der Waals surface area contributed by atoms with Gasteiger partial charge in [0.1, 0.15) is 16.4 Å². The van der Waals surface area contributed by atoms with Gasteiger partial charge in [-0.2, -0.15) is 0 Å². The van der Waals surface area contributed by atoms with Crippen molar-refractivity contribution in [2.45, 2.75) is 6.92 Å². The number of aromatic nitrogens is 1. The van der Waals surface area contributed by atoms with Crippen LogP contribution in [0.15, 0.2) is 36.4 Å². The minimum atomic E-state index is -2.85. The number of carbonyl (C=O) groups excluding carboxylic acids is 1. The molecule has 2 aromatic carbocycles. The van der Waals surface area contributed by atoms with Crippen molar-refractivity contribution >= 4 is 39.3 Å². The number of ether oxygens (including phenoxy) is 2. The van der Waals surface area contributed by atoms with Gasteiger partial charge in [0, 0.05) is 29.3 Å². The Hall–Kier alpha value is -3.04. The molecule has 0 N–H and O–H groups in total. The standard InChI is InChI=1S/C18H17N3O5S/c1-3-25-11-26-13-5-6-14-17(9-13)27-18(19-14)12-4-7-15(20(2)10-22)16(8-12)21(23)24/h4-10H,3,11H2,1-2H3/i2D3. The van der Waals surface area contributed by atoms with Crippen LogP contribution in [0.3, 0.4) is 0 Å². The fraction of sp³-hybridized carbons (Fsp3) is 0.222. The van der Waals surface area contributed by atoms with Gasteiger partial charge in [0.2, 0.25) is 6.41 Å². The van der Waals surface area contributed by atoms with Gasteiger partial charge in [0.25, 0.3) is 5.69 Å². The molecular formula is C18H17N3O5S. The van der Waals surface area contributed by atoms with Crippen LogP contribution in [-0.2, 0) is 9.53 Å². The highest BCUT2D eigenvalue weighted by atomic mass is 32.1. The monoisotopic (exact) mass is 390 g/mol. The van der Waals surface area contributed by atoms with E-state index >= 15 is 0 Å². The predicted molar refractivity (Wildman–Crippen MR) is 103 cm³/mol. The average molecular weight is 390 g/mol. The summed E-state index contributed by atoms with van der Waals surface area (Å²) in [6.45, 7) is -0.330. The van der Waals surface area contributed by atoms with E-state index in [0.717, 1.165) is 4.70 Å². The molecule has 8 nitrogen and oxygen atoms in total. The van der Waals surface area contributed by atoms with Crippen molar-refractivity contribution < 1.29 is 23.3 Å². The summed E-state index contributed by atoms with van der Waals surface area (Å²) < 4.78 is 33.7. The largest absolute Gasteiger partial charge is 0.468 e. The molecule has 0 unspecified atom stereocenters. The number of anilines is 1. The first kappa shape index (κ1) is 15.1. The van der Waals surface area contributed by atoms with E-state index in [9.17, 15) is 14.9 Å². The van der Waals surface area contributed by atoms with Crippen molar-refractivity contribution in [3.63, 3.8) is 0 Å². The van der Waals surface area contributed by atoms with Crippen LogP contribution < -0.4 is 9.64 Å². The second-order valence-electron chi connectivity index (χ2n) is 5.34. The van der Waals surface area contributed by atoms with Crippen LogP contribution in [-0.4, -0.2) is 36.7 Å². The number of rotatable bonds is 8. The van der Waals surface area contributed by atoms with Gasteiger partial charge in [-0.15, -0.1) is 11.3 Å². The van der Waals surface area contributed by atoms with E-state index in [2.05, 4.69) is 4.98 Å². The van der Waals surface area contributed by atoms with Crippen molar-refractivity contribution in [1.82, 2.24) is 4.98 Å². The number of benzene rings is 2. The van der Waals surface area contributed by atoms with Gasteiger partial charge in [-0.1, -0.05) is 0 Å². The summed E-state index contributed by atoms with van der Waals surface area (Å²) in [5, 5.41) is 12.0. The van der Waals surface area contributed by atoms with Gasteiger partial charge >= 0.3 is 0 Å². The molecule has 27 heavy (non-hydrogen) atoms. The van der Waals surface area contributed by atoms with Gasteiger partial charge in [-0.3, -0.25) is 14.9 Å². The molecule has 0 aliphatic heterocycles. The molecule has 3 rings (SSSR count). The molecule has 1 amide bonds. The van der Waals surface area contributed by atoms with Crippen LogP contribution >= 0.6 is 11.3 Å². The average Bonchev–Trinajstić information content (AvgIpc) is 3.11. The minimum Gasteiger partial charge on any atom is -0.468 e. The first-order valence-corrected chi connectivity index (χ1v) is 8.71. The Kier molecular flexibility index (Phi) is 4.52. The Morgan fingerprint density at radius 3 is 2.93 bits per heavy atom. The zero-order valence-electron chi connectivity index (χ0n) is 17.2. The minimum absolute atomic E-state index is 0.0521. The first-order valence-electron chi connectivity index (χ1n) is 9.39. The number of amides is 1. The second kappa shape index (κ2) is 8.11. The van der Waals surface area contributed by atoms with Gasteiger partial charge < -0.3 is 14.4 Å².